The first-order chi connectivity index (χ1) is 8.06. The van der Waals surface area contributed by atoms with Crippen LogP contribution in [0.2, 0.25) is 0 Å². The number of rotatable bonds is 2. The Morgan fingerprint density at radius 3 is 3.00 bits per heavy atom. The number of aryl methyl sites for hydroxylation is 1. The summed E-state index contributed by atoms with van der Waals surface area (Å²) in [5, 5.41) is 15.2. The zero-order valence-corrected chi connectivity index (χ0v) is 11.1. The number of aliphatic hydroxyl groups is 1. The zero-order valence-electron chi connectivity index (χ0n) is 9.53. The Balaban J connectivity index is 2.05. The number of hydrogen-bond acceptors (Lipinski definition) is 3. The third-order valence-corrected chi connectivity index (χ3v) is 3.50. The van der Waals surface area contributed by atoms with Crippen LogP contribution >= 0.6 is 15.9 Å². The van der Waals surface area contributed by atoms with Crippen molar-refractivity contribution < 1.29 is 9.90 Å². The van der Waals surface area contributed by atoms with Crippen LogP contribution in [-0.4, -0.2) is 29.7 Å². The van der Waals surface area contributed by atoms with Crippen molar-refractivity contribution in [3.05, 3.63) is 28.2 Å². The van der Waals surface area contributed by atoms with Crippen molar-refractivity contribution in [2.75, 3.05) is 11.9 Å². The van der Waals surface area contributed by atoms with Crippen LogP contribution in [-0.2, 0) is 4.79 Å². The molecule has 1 fully saturated rings. The first-order valence-corrected chi connectivity index (χ1v) is 6.34. The van der Waals surface area contributed by atoms with E-state index in [9.17, 15) is 9.90 Å². The average molecular weight is 299 g/mol. The first kappa shape index (κ1) is 12.5. The molecule has 1 saturated heterocycles. The summed E-state index contributed by atoms with van der Waals surface area (Å²) in [5.41, 5.74) is 1.85. The van der Waals surface area contributed by atoms with Gasteiger partial charge in [-0.2, -0.15) is 0 Å². The molecule has 92 valence electrons. The van der Waals surface area contributed by atoms with E-state index in [-0.39, 0.29) is 11.9 Å². The Hall–Kier alpha value is -0.910. The van der Waals surface area contributed by atoms with E-state index >= 15 is 0 Å². The van der Waals surface area contributed by atoms with Crippen molar-refractivity contribution in [2.24, 2.45) is 0 Å². The summed E-state index contributed by atoms with van der Waals surface area (Å²) in [7, 11) is 0. The monoisotopic (exact) mass is 298 g/mol. The lowest BCUT2D eigenvalue weighted by Gasteiger charge is -2.12. The predicted molar refractivity (Wildman–Crippen MR) is 69.9 cm³/mol. The molecule has 17 heavy (non-hydrogen) atoms. The van der Waals surface area contributed by atoms with Crippen molar-refractivity contribution in [3.8, 4) is 0 Å². The number of anilines is 1. The van der Waals surface area contributed by atoms with Crippen molar-refractivity contribution in [1.82, 2.24) is 5.32 Å². The lowest BCUT2D eigenvalue weighted by molar-refractivity contribution is -0.117. The van der Waals surface area contributed by atoms with Gasteiger partial charge in [0.1, 0.15) is 0 Å². The summed E-state index contributed by atoms with van der Waals surface area (Å²) in [6.07, 6.45) is 0.0432. The molecule has 1 amide bonds. The van der Waals surface area contributed by atoms with Crippen molar-refractivity contribution >= 4 is 27.5 Å². The van der Waals surface area contributed by atoms with Crippen molar-refractivity contribution in [1.29, 1.82) is 0 Å². The number of carbonyl (C=O) groups is 1. The molecule has 1 aliphatic heterocycles. The lowest BCUT2D eigenvalue weighted by Crippen LogP contribution is -2.35. The molecule has 1 aromatic carbocycles. The molecular weight excluding hydrogens is 284 g/mol. The quantitative estimate of drug-likeness (QED) is 0.774. The van der Waals surface area contributed by atoms with Crippen molar-refractivity contribution in [2.45, 2.75) is 25.5 Å². The molecule has 4 nitrogen and oxygen atoms in total. The van der Waals surface area contributed by atoms with Gasteiger partial charge in [0.2, 0.25) is 5.91 Å². The number of halogens is 1. The number of carbonyl (C=O) groups excluding carboxylic acids is 1. The van der Waals surface area contributed by atoms with Crippen LogP contribution in [0.4, 0.5) is 5.69 Å². The Morgan fingerprint density at radius 2 is 2.35 bits per heavy atom. The van der Waals surface area contributed by atoms with Gasteiger partial charge in [-0.05, 0) is 47.0 Å². The minimum Gasteiger partial charge on any atom is -0.392 e. The minimum absolute atomic E-state index is 0.104. The van der Waals surface area contributed by atoms with E-state index in [1.165, 1.54) is 0 Å². The summed E-state index contributed by atoms with van der Waals surface area (Å²) in [6.45, 7) is 2.45. The van der Waals surface area contributed by atoms with Crippen LogP contribution in [0.5, 0.6) is 0 Å². The standard InChI is InChI=1S/C12H15BrN2O2/c1-7-2-3-9(13)10(4-7)15-12(17)11-5-8(16)6-14-11/h2-4,8,11,14,16H,5-6H2,1H3,(H,15,17). The van der Waals surface area contributed by atoms with Gasteiger partial charge in [-0.1, -0.05) is 6.07 Å². The van der Waals surface area contributed by atoms with E-state index < -0.39 is 6.10 Å². The minimum atomic E-state index is -0.424. The van der Waals surface area contributed by atoms with E-state index in [1.54, 1.807) is 0 Å². The van der Waals surface area contributed by atoms with Crippen LogP contribution < -0.4 is 10.6 Å². The summed E-state index contributed by atoms with van der Waals surface area (Å²) in [4.78, 5) is 11.9. The highest BCUT2D eigenvalue weighted by Gasteiger charge is 2.28. The molecule has 1 aromatic rings. The molecule has 0 bridgehead atoms. The molecule has 5 heteroatoms. The van der Waals surface area contributed by atoms with E-state index in [2.05, 4.69) is 26.6 Å². The summed E-state index contributed by atoms with van der Waals surface area (Å²) < 4.78 is 0.856. The Bertz CT molecular complexity index is 437. The number of hydrogen-bond donors (Lipinski definition) is 3. The van der Waals surface area contributed by atoms with Crippen LogP contribution in [0.1, 0.15) is 12.0 Å². The second kappa shape index (κ2) is 5.16. The molecule has 1 heterocycles. The number of β-amino-alcohol motifs (C(OH)–C–C–N with tert-alkyl or cyclic N) is 1. The topological polar surface area (TPSA) is 61.4 Å². The Kier molecular flexibility index (Phi) is 3.81. The third-order valence-electron chi connectivity index (χ3n) is 2.80. The van der Waals surface area contributed by atoms with Crippen LogP contribution in [0.15, 0.2) is 22.7 Å². The van der Waals surface area contributed by atoms with E-state index in [4.69, 9.17) is 0 Å². The normalized spacial score (nSPS) is 23.7. The van der Waals surface area contributed by atoms with Crippen LogP contribution in [0.25, 0.3) is 0 Å². The highest BCUT2D eigenvalue weighted by molar-refractivity contribution is 9.10. The van der Waals surface area contributed by atoms with Gasteiger partial charge in [-0.25, -0.2) is 0 Å². The molecule has 1 aliphatic rings. The highest BCUT2D eigenvalue weighted by atomic mass is 79.9. The summed E-state index contributed by atoms with van der Waals surface area (Å²) in [5.74, 6) is -0.104. The van der Waals surface area contributed by atoms with Crippen LogP contribution in [0.3, 0.4) is 0 Å². The van der Waals surface area contributed by atoms with Crippen molar-refractivity contribution in [3.63, 3.8) is 0 Å². The fourth-order valence-electron chi connectivity index (χ4n) is 1.87. The smallest absolute Gasteiger partial charge is 0.241 e. The van der Waals surface area contributed by atoms with Gasteiger partial charge in [0, 0.05) is 11.0 Å². The SMILES string of the molecule is Cc1ccc(Br)c(NC(=O)C2CC(O)CN2)c1. The molecule has 0 radical (unpaired) electrons. The Morgan fingerprint density at radius 1 is 1.59 bits per heavy atom. The number of benzene rings is 1. The third kappa shape index (κ3) is 3.06. The largest absolute Gasteiger partial charge is 0.392 e. The molecule has 2 unspecified atom stereocenters. The molecule has 2 atom stereocenters. The van der Waals surface area contributed by atoms with Gasteiger partial charge in [0.15, 0.2) is 0 Å². The molecular formula is C12H15BrN2O2. The maximum Gasteiger partial charge on any atom is 0.241 e. The maximum absolute atomic E-state index is 11.9. The van der Waals surface area contributed by atoms with Gasteiger partial charge in [0.25, 0.3) is 0 Å². The lowest BCUT2D eigenvalue weighted by atomic mass is 10.1. The maximum atomic E-state index is 11.9. The van der Waals surface area contributed by atoms with E-state index in [0.29, 0.717) is 13.0 Å². The van der Waals surface area contributed by atoms with Gasteiger partial charge in [0.05, 0.1) is 17.8 Å². The Labute approximate surface area is 109 Å². The fourth-order valence-corrected chi connectivity index (χ4v) is 2.22. The zero-order chi connectivity index (χ0) is 12.4. The fraction of sp³-hybridized carbons (Fsp3) is 0.417. The molecule has 0 saturated carbocycles. The van der Waals surface area contributed by atoms with Crippen LogP contribution in [0, 0.1) is 6.92 Å². The summed E-state index contributed by atoms with van der Waals surface area (Å²) in [6, 6.07) is 5.48. The molecule has 0 aliphatic carbocycles. The average Bonchev–Trinajstić information content (AvgIpc) is 2.70. The van der Waals surface area contributed by atoms with Gasteiger partial charge in [-0.15, -0.1) is 0 Å². The number of nitrogens with one attached hydrogen (secondary N) is 2. The second-order valence-electron chi connectivity index (χ2n) is 4.32. The van der Waals surface area contributed by atoms with Gasteiger partial charge < -0.3 is 15.7 Å². The first-order valence-electron chi connectivity index (χ1n) is 5.54. The second-order valence-corrected chi connectivity index (χ2v) is 5.18. The molecule has 0 spiro atoms. The molecule has 2 rings (SSSR count). The highest BCUT2D eigenvalue weighted by Crippen LogP contribution is 2.24. The van der Waals surface area contributed by atoms with Gasteiger partial charge in [-0.3, -0.25) is 4.79 Å². The van der Waals surface area contributed by atoms with Gasteiger partial charge >= 0.3 is 0 Å². The molecule has 0 aromatic heterocycles. The van der Waals surface area contributed by atoms with E-state index in [1.807, 2.05) is 25.1 Å². The molecule has 3 N–H and O–H groups in total. The number of amides is 1. The predicted octanol–water partition coefficient (Wildman–Crippen LogP) is 1.42. The number of aliphatic hydroxyl groups excluding tert-OH is 1. The van der Waals surface area contributed by atoms with E-state index in [0.717, 1.165) is 15.7 Å². The summed E-state index contributed by atoms with van der Waals surface area (Å²) >= 11 is 3.39.